The van der Waals surface area contributed by atoms with Gasteiger partial charge in [0.25, 0.3) is 10.1 Å². The van der Waals surface area contributed by atoms with Crippen LogP contribution in [0.25, 0.3) is 33.4 Å². The molecule has 2 aliphatic rings. The minimum atomic E-state index is -4.05. The molecule has 2 aromatic carbocycles. The van der Waals surface area contributed by atoms with E-state index in [0.29, 0.717) is 47.7 Å². The molecule has 41 heavy (non-hydrogen) atoms. The molecule has 0 spiro atoms. The summed E-state index contributed by atoms with van der Waals surface area (Å²) in [5.74, 6) is -0.330. The Morgan fingerprint density at radius 1 is 1.07 bits per heavy atom. The molecule has 4 rings (SSSR count). The molecule has 0 saturated carbocycles. The summed E-state index contributed by atoms with van der Waals surface area (Å²) in [5, 5.41) is 26.4. The van der Waals surface area contributed by atoms with E-state index >= 15 is 0 Å². The maximum atomic E-state index is 12.2. The van der Waals surface area contributed by atoms with Crippen molar-refractivity contribution in [3.05, 3.63) is 70.6 Å². The van der Waals surface area contributed by atoms with E-state index in [4.69, 9.17) is 14.2 Å². The number of hydrogen-bond acceptors (Lipinski definition) is 10. The van der Waals surface area contributed by atoms with E-state index in [1.807, 2.05) is 38.1 Å². The van der Waals surface area contributed by atoms with Crippen LogP contribution in [0.5, 0.6) is 0 Å². The van der Waals surface area contributed by atoms with Crippen LogP contribution in [-0.4, -0.2) is 53.9 Å². The van der Waals surface area contributed by atoms with E-state index in [1.165, 1.54) is 0 Å². The van der Waals surface area contributed by atoms with Crippen molar-refractivity contribution in [2.24, 2.45) is 4.99 Å². The Morgan fingerprint density at radius 3 is 2.59 bits per heavy atom. The number of carboxylic acid groups (broad SMARTS) is 1. The zero-order chi connectivity index (χ0) is 29.6. The summed E-state index contributed by atoms with van der Waals surface area (Å²) in [6.45, 7) is 4.63. The van der Waals surface area contributed by atoms with Crippen molar-refractivity contribution in [2.45, 2.75) is 26.7 Å². The standard InChI is InChI=1S/C28H30N2O9S2/c1-17-13-21-25(15-23(17)29-9-5-11-40-39-38-33)37-26-16-24(30-10-6-12-41(34,35)36)18(2)14-22(26)27(21)19-7-3-4-8-20(19)28(31)32/h3-4,7-8,13-16,30,33H,5-6,9-12H2,1-2H3,(H,31,32)(H,34,35,36)/b29-23-. The molecule has 2 aromatic rings. The fourth-order valence-electron chi connectivity index (χ4n) is 4.58. The van der Waals surface area contributed by atoms with E-state index < -0.39 is 16.1 Å². The number of carbonyl (C=O) groups is 1. The molecule has 0 saturated heterocycles. The highest BCUT2D eigenvalue weighted by Gasteiger charge is 2.22. The maximum absolute atomic E-state index is 12.2. The summed E-state index contributed by atoms with van der Waals surface area (Å²) in [5.41, 5.74) is 5.12. The maximum Gasteiger partial charge on any atom is 0.336 e. The topological polar surface area (TPSA) is 168 Å². The number of aryl methyl sites for hydroxylation is 2. The lowest BCUT2D eigenvalue weighted by molar-refractivity contribution is -0.432. The summed E-state index contributed by atoms with van der Waals surface area (Å²) in [4.78, 5) is 16.9. The first-order chi connectivity index (χ1) is 19.6. The third kappa shape index (κ3) is 7.64. The molecule has 4 N–H and O–H groups in total. The normalized spacial score (nSPS) is 12.3. The van der Waals surface area contributed by atoms with Gasteiger partial charge in [-0.3, -0.25) is 9.55 Å². The second-order valence-corrected chi connectivity index (χ2v) is 11.7. The molecule has 218 valence electrons. The van der Waals surface area contributed by atoms with Gasteiger partial charge < -0.3 is 14.8 Å². The van der Waals surface area contributed by atoms with E-state index in [-0.39, 0.29) is 17.7 Å². The first-order valence-electron chi connectivity index (χ1n) is 12.7. The molecule has 1 aliphatic carbocycles. The number of anilines is 1. The third-order valence-corrected chi connectivity index (χ3v) is 7.87. The van der Waals surface area contributed by atoms with Crippen LogP contribution >= 0.6 is 12.0 Å². The number of nitrogens with zero attached hydrogens (tertiary/aromatic N) is 1. The van der Waals surface area contributed by atoms with Crippen molar-refractivity contribution >= 4 is 44.8 Å². The largest absolute Gasteiger partial charge is 0.478 e. The average molecular weight is 603 g/mol. The predicted octanol–water partition coefficient (Wildman–Crippen LogP) is 5.57. The fourth-order valence-corrected chi connectivity index (χ4v) is 5.45. The molecule has 0 amide bonds. The first kappa shape index (κ1) is 30.5. The molecular weight excluding hydrogens is 572 g/mol. The highest BCUT2D eigenvalue weighted by atomic mass is 32.2. The molecule has 1 heterocycles. The van der Waals surface area contributed by atoms with Gasteiger partial charge in [0.05, 0.1) is 16.7 Å². The number of carboxylic acids is 1. The van der Waals surface area contributed by atoms with Gasteiger partial charge in [0.1, 0.15) is 11.3 Å². The molecule has 0 bridgehead atoms. The molecule has 11 nitrogen and oxygen atoms in total. The highest BCUT2D eigenvalue weighted by Crippen LogP contribution is 2.42. The van der Waals surface area contributed by atoms with Gasteiger partial charge in [-0.25, -0.2) is 10.1 Å². The number of benzene rings is 3. The highest BCUT2D eigenvalue weighted by molar-refractivity contribution is 7.94. The van der Waals surface area contributed by atoms with Crippen molar-refractivity contribution in [1.82, 2.24) is 0 Å². The summed E-state index contributed by atoms with van der Waals surface area (Å²) in [6.07, 6.45) is 0.883. The number of hydrogen-bond donors (Lipinski definition) is 4. The van der Waals surface area contributed by atoms with Gasteiger partial charge in [0.15, 0.2) is 0 Å². The number of nitrogens with one attached hydrogen (secondary N) is 1. The summed E-state index contributed by atoms with van der Waals surface area (Å²) in [7, 11) is -4.05. The first-order valence-corrected chi connectivity index (χ1v) is 15.2. The zero-order valence-corrected chi connectivity index (χ0v) is 24.0. The Kier molecular flexibility index (Phi) is 10.0. The van der Waals surface area contributed by atoms with Gasteiger partial charge in [-0.15, -0.1) is 4.33 Å². The SMILES string of the molecule is Cc1cc2c(-c3ccccc3C(=O)O)c3cc(C)/c(=N\CCCSOOO)cc-3oc2cc1NCCCS(=O)(=O)O. The number of fused-ring (bicyclic) bond motifs is 2. The van der Waals surface area contributed by atoms with Crippen LogP contribution in [-0.2, 0) is 19.5 Å². The second kappa shape index (κ2) is 13.5. The summed E-state index contributed by atoms with van der Waals surface area (Å²) >= 11 is 0.963. The monoisotopic (exact) mass is 602 g/mol. The Morgan fingerprint density at radius 2 is 1.85 bits per heavy atom. The van der Waals surface area contributed by atoms with Crippen LogP contribution in [0.3, 0.4) is 0 Å². The number of rotatable bonds is 13. The van der Waals surface area contributed by atoms with Gasteiger partial charge in [0.2, 0.25) is 0 Å². The smallest absolute Gasteiger partial charge is 0.336 e. The zero-order valence-electron chi connectivity index (χ0n) is 22.4. The minimum absolute atomic E-state index is 0.157. The Hall–Kier alpha value is -3.46. The molecule has 0 fully saturated rings. The van der Waals surface area contributed by atoms with Gasteiger partial charge >= 0.3 is 5.97 Å². The molecule has 0 unspecified atom stereocenters. The average Bonchev–Trinajstić information content (AvgIpc) is 2.92. The van der Waals surface area contributed by atoms with Crippen molar-refractivity contribution in [3.63, 3.8) is 0 Å². The summed E-state index contributed by atoms with van der Waals surface area (Å²) < 4.78 is 41.9. The molecule has 0 aromatic heterocycles. The number of aromatic carboxylic acids is 1. The molecular formula is C28H30N2O9S2. The van der Waals surface area contributed by atoms with Gasteiger partial charge in [-0.1, -0.05) is 23.2 Å². The van der Waals surface area contributed by atoms with E-state index in [0.717, 1.165) is 45.2 Å². The van der Waals surface area contributed by atoms with Crippen molar-refractivity contribution in [1.29, 1.82) is 0 Å². The fraction of sp³-hybridized carbons (Fsp3) is 0.286. The van der Waals surface area contributed by atoms with Gasteiger partial charge in [0, 0.05) is 65.2 Å². The molecule has 13 heteroatoms. The van der Waals surface area contributed by atoms with Crippen LogP contribution in [0, 0.1) is 13.8 Å². The minimum Gasteiger partial charge on any atom is -0.478 e. The Labute approximate surface area is 241 Å². The van der Waals surface area contributed by atoms with Crippen LogP contribution in [0.15, 0.2) is 57.9 Å². The van der Waals surface area contributed by atoms with Crippen molar-refractivity contribution < 1.29 is 41.9 Å². The van der Waals surface area contributed by atoms with E-state index in [2.05, 4.69) is 19.7 Å². The Bertz CT molecular complexity index is 1700. The van der Waals surface area contributed by atoms with E-state index in [9.17, 15) is 18.3 Å². The van der Waals surface area contributed by atoms with Crippen molar-refractivity contribution in [2.75, 3.05) is 29.9 Å². The van der Waals surface area contributed by atoms with Crippen LogP contribution in [0.4, 0.5) is 5.69 Å². The lowest BCUT2D eigenvalue weighted by Gasteiger charge is -2.19. The van der Waals surface area contributed by atoms with Crippen molar-refractivity contribution in [3.8, 4) is 22.5 Å². The van der Waals surface area contributed by atoms with E-state index in [1.54, 1.807) is 24.3 Å². The second-order valence-electron chi connectivity index (χ2n) is 9.39. The Balaban J connectivity index is 1.85. The molecule has 0 radical (unpaired) electrons. The van der Waals surface area contributed by atoms with Gasteiger partial charge in [-0.2, -0.15) is 8.42 Å². The lowest BCUT2D eigenvalue weighted by Crippen LogP contribution is -2.11. The van der Waals surface area contributed by atoms with Gasteiger partial charge in [-0.05, 0) is 61.6 Å². The molecule has 1 aliphatic heterocycles. The third-order valence-electron chi connectivity index (χ3n) is 6.45. The summed E-state index contributed by atoms with van der Waals surface area (Å²) in [6, 6.07) is 14.3. The van der Waals surface area contributed by atoms with Crippen LogP contribution < -0.4 is 10.7 Å². The van der Waals surface area contributed by atoms with Crippen LogP contribution in [0.2, 0.25) is 0 Å². The lowest BCUT2D eigenvalue weighted by atomic mass is 9.89. The predicted molar refractivity (Wildman–Crippen MR) is 157 cm³/mol. The molecule has 0 atom stereocenters. The van der Waals surface area contributed by atoms with Crippen LogP contribution in [0.1, 0.15) is 34.3 Å². The quantitative estimate of drug-likeness (QED) is 0.0377.